The van der Waals surface area contributed by atoms with Crippen LogP contribution in [-0.2, 0) is 4.74 Å². The summed E-state index contributed by atoms with van der Waals surface area (Å²) in [5, 5.41) is 0. The molecule has 0 bridgehead atoms. The summed E-state index contributed by atoms with van der Waals surface area (Å²) in [7, 11) is 0. The fraction of sp³-hybridized carbons (Fsp3) is 0.571. The summed E-state index contributed by atoms with van der Waals surface area (Å²) in [6.07, 6.45) is 0.0712. The number of hydrogen-bond donors (Lipinski definition) is 1. The molecule has 1 aromatic carbocycles. The second-order valence-corrected chi connectivity index (χ2v) is 5.12. The molecule has 0 aliphatic heterocycles. The van der Waals surface area contributed by atoms with E-state index in [1.54, 1.807) is 0 Å². The van der Waals surface area contributed by atoms with E-state index in [9.17, 15) is 0 Å². The molecule has 17 heavy (non-hydrogen) atoms. The van der Waals surface area contributed by atoms with E-state index in [4.69, 9.17) is 15.2 Å². The predicted molar refractivity (Wildman–Crippen MR) is 70.2 cm³/mol. The third-order valence-electron chi connectivity index (χ3n) is 2.59. The lowest BCUT2D eigenvalue weighted by molar-refractivity contribution is -0.0223. The van der Waals surface area contributed by atoms with E-state index in [1.165, 1.54) is 0 Å². The van der Waals surface area contributed by atoms with Gasteiger partial charge in [0.05, 0.1) is 12.7 Å². The summed E-state index contributed by atoms with van der Waals surface area (Å²) >= 11 is 0. The summed E-state index contributed by atoms with van der Waals surface area (Å²) in [5.74, 6) is 0.871. The molecule has 0 radical (unpaired) electrons. The number of hydrogen-bond acceptors (Lipinski definition) is 3. The van der Waals surface area contributed by atoms with E-state index < -0.39 is 0 Å². The van der Waals surface area contributed by atoms with Crippen molar-refractivity contribution >= 4 is 0 Å². The number of rotatable bonds is 6. The summed E-state index contributed by atoms with van der Waals surface area (Å²) in [6, 6.07) is 9.74. The second kappa shape index (κ2) is 6.62. The van der Waals surface area contributed by atoms with E-state index >= 15 is 0 Å². The molecule has 3 nitrogen and oxygen atoms in total. The Bertz CT molecular complexity index is 306. The molecule has 1 unspecified atom stereocenters. The number of nitrogens with two attached hydrogens (primary N) is 1. The molecule has 0 heterocycles. The van der Waals surface area contributed by atoms with Crippen LogP contribution in [0.4, 0.5) is 0 Å². The van der Waals surface area contributed by atoms with E-state index in [1.807, 2.05) is 30.3 Å². The van der Waals surface area contributed by atoms with Gasteiger partial charge in [-0.25, -0.2) is 0 Å². The first-order chi connectivity index (χ1) is 8.04. The highest BCUT2D eigenvalue weighted by Crippen LogP contribution is 2.21. The van der Waals surface area contributed by atoms with Crippen molar-refractivity contribution in [1.29, 1.82) is 0 Å². The Hall–Kier alpha value is -1.06. The minimum atomic E-state index is 0.0709. The van der Waals surface area contributed by atoms with Crippen molar-refractivity contribution in [2.45, 2.75) is 26.9 Å². The maximum absolute atomic E-state index is 5.73. The molecular weight excluding hydrogens is 214 g/mol. The SMILES string of the molecule is CC(C)(C)C(CN)OCCOc1ccccc1. The summed E-state index contributed by atoms with van der Waals surface area (Å²) in [6.45, 7) is 8.03. The molecule has 1 atom stereocenters. The third kappa shape index (κ3) is 5.20. The van der Waals surface area contributed by atoms with E-state index in [-0.39, 0.29) is 11.5 Å². The van der Waals surface area contributed by atoms with Crippen LogP contribution in [0.25, 0.3) is 0 Å². The second-order valence-electron chi connectivity index (χ2n) is 5.12. The molecule has 0 aliphatic rings. The van der Waals surface area contributed by atoms with E-state index in [0.29, 0.717) is 19.8 Å². The fourth-order valence-electron chi connectivity index (χ4n) is 1.54. The summed E-state index contributed by atoms with van der Waals surface area (Å²) in [5.41, 5.74) is 5.76. The van der Waals surface area contributed by atoms with Crippen molar-refractivity contribution in [2.75, 3.05) is 19.8 Å². The van der Waals surface area contributed by atoms with Gasteiger partial charge in [-0.1, -0.05) is 39.0 Å². The molecule has 0 saturated heterocycles. The standard InChI is InChI=1S/C14H23NO2/c1-14(2,3)13(11-15)17-10-9-16-12-7-5-4-6-8-12/h4-8,13H,9-11,15H2,1-3H3. The van der Waals surface area contributed by atoms with E-state index in [0.717, 1.165) is 5.75 Å². The van der Waals surface area contributed by atoms with Gasteiger partial charge in [0, 0.05) is 6.54 Å². The largest absolute Gasteiger partial charge is 0.491 e. The lowest BCUT2D eigenvalue weighted by atomic mass is 9.89. The van der Waals surface area contributed by atoms with Gasteiger partial charge in [-0.2, -0.15) is 0 Å². The van der Waals surface area contributed by atoms with Crippen LogP contribution in [0.15, 0.2) is 30.3 Å². The topological polar surface area (TPSA) is 44.5 Å². The smallest absolute Gasteiger partial charge is 0.119 e. The van der Waals surface area contributed by atoms with Crippen molar-refractivity contribution in [3.05, 3.63) is 30.3 Å². The molecule has 0 aliphatic carbocycles. The molecule has 0 amide bonds. The Morgan fingerprint density at radius 3 is 2.29 bits per heavy atom. The molecule has 0 saturated carbocycles. The van der Waals surface area contributed by atoms with Gasteiger partial charge < -0.3 is 15.2 Å². The number of ether oxygens (including phenoxy) is 2. The monoisotopic (exact) mass is 237 g/mol. The average molecular weight is 237 g/mol. The van der Waals surface area contributed by atoms with Crippen LogP contribution in [0.1, 0.15) is 20.8 Å². The molecule has 3 heteroatoms. The van der Waals surface area contributed by atoms with Crippen molar-refractivity contribution in [3.8, 4) is 5.75 Å². The lowest BCUT2D eigenvalue weighted by Gasteiger charge is -2.29. The van der Waals surface area contributed by atoms with Crippen molar-refractivity contribution in [3.63, 3.8) is 0 Å². The molecule has 1 aromatic rings. The Morgan fingerprint density at radius 1 is 1.12 bits per heavy atom. The van der Waals surface area contributed by atoms with Crippen LogP contribution in [-0.4, -0.2) is 25.9 Å². The zero-order valence-electron chi connectivity index (χ0n) is 11.0. The molecule has 1 rings (SSSR count). The number of para-hydroxylation sites is 1. The zero-order valence-corrected chi connectivity index (χ0v) is 11.0. The lowest BCUT2D eigenvalue weighted by Crippen LogP contribution is -2.37. The van der Waals surface area contributed by atoms with Crippen LogP contribution in [0.3, 0.4) is 0 Å². The average Bonchev–Trinajstić information content (AvgIpc) is 2.28. The Labute approximate surface area is 104 Å². The third-order valence-corrected chi connectivity index (χ3v) is 2.59. The first-order valence-electron chi connectivity index (χ1n) is 6.03. The van der Waals surface area contributed by atoms with Gasteiger partial charge >= 0.3 is 0 Å². The normalized spacial score (nSPS) is 13.4. The van der Waals surface area contributed by atoms with Crippen LogP contribution in [0, 0.1) is 5.41 Å². The molecular formula is C14H23NO2. The quantitative estimate of drug-likeness (QED) is 0.773. The van der Waals surface area contributed by atoms with Crippen molar-refractivity contribution in [1.82, 2.24) is 0 Å². The highest BCUT2D eigenvalue weighted by atomic mass is 16.5. The van der Waals surface area contributed by atoms with Gasteiger partial charge in [-0.3, -0.25) is 0 Å². The number of benzene rings is 1. The van der Waals surface area contributed by atoms with Crippen molar-refractivity contribution < 1.29 is 9.47 Å². The van der Waals surface area contributed by atoms with Gasteiger partial charge in [-0.15, -0.1) is 0 Å². The molecule has 0 fully saturated rings. The minimum Gasteiger partial charge on any atom is -0.491 e. The van der Waals surface area contributed by atoms with Gasteiger partial charge in [0.15, 0.2) is 0 Å². The molecule has 2 N–H and O–H groups in total. The van der Waals surface area contributed by atoms with Crippen LogP contribution in [0.5, 0.6) is 5.75 Å². The van der Waals surface area contributed by atoms with Crippen LogP contribution in [0.2, 0.25) is 0 Å². The Morgan fingerprint density at radius 2 is 1.76 bits per heavy atom. The van der Waals surface area contributed by atoms with Gasteiger partial charge in [0.25, 0.3) is 0 Å². The van der Waals surface area contributed by atoms with Crippen LogP contribution < -0.4 is 10.5 Å². The molecule has 0 spiro atoms. The fourth-order valence-corrected chi connectivity index (χ4v) is 1.54. The summed E-state index contributed by atoms with van der Waals surface area (Å²) < 4.78 is 11.3. The first kappa shape index (κ1) is 14.0. The van der Waals surface area contributed by atoms with Gasteiger partial charge in [-0.05, 0) is 17.5 Å². The van der Waals surface area contributed by atoms with Crippen molar-refractivity contribution in [2.24, 2.45) is 11.1 Å². The zero-order chi connectivity index (χ0) is 12.7. The maximum Gasteiger partial charge on any atom is 0.119 e. The van der Waals surface area contributed by atoms with E-state index in [2.05, 4.69) is 20.8 Å². The first-order valence-corrected chi connectivity index (χ1v) is 6.03. The van der Waals surface area contributed by atoms with Gasteiger partial charge in [0.2, 0.25) is 0 Å². The minimum absolute atomic E-state index is 0.0709. The molecule has 0 aromatic heterocycles. The highest BCUT2D eigenvalue weighted by molar-refractivity contribution is 5.20. The van der Waals surface area contributed by atoms with Gasteiger partial charge in [0.1, 0.15) is 12.4 Å². The van der Waals surface area contributed by atoms with Crippen LogP contribution >= 0.6 is 0 Å². The summed E-state index contributed by atoms with van der Waals surface area (Å²) in [4.78, 5) is 0. The molecule has 96 valence electrons. The predicted octanol–water partition coefficient (Wildman–Crippen LogP) is 2.46. The highest BCUT2D eigenvalue weighted by Gasteiger charge is 2.23. The maximum atomic E-state index is 5.73. The Kier molecular flexibility index (Phi) is 5.45. The Balaban J connectivity index is 2.24.